The van der Waals surface area contributed by atoms with Gasteiger partial charge in [-0.3, -0.25) is 4.79 Å². The molecule has 0 aliphatic carbocycles. The number of carbonyl (C=O) groups excluding carboxylic acids is 1. The molecule has 0 aliphatic heterocycles. The second kappa shape index (κ2) is 7.49. The van der Waals surface area contributed by atoms with Crippen LogP contribution in [0.2, 0.25) is 0 Å². The first-order chi connectivity index (χ1) is 8.72. The van der Waals surface area contributed by atoms with Gasteiger partial charge in [-0.25, -0.2) is 0 Å². The summed E-state index contributed by atoms with van der Waals surface area (Å²) in [7, 11) is 4.46. The van der Waals surface area contributed by atoms with Crippen molar-refractivity contribution in [2.45, 2.75) is 12.7 Å². The van der Waals surface area contributed by atoms with Gasteiger partial charge in [0.25, 0.3) is 0 Å². The van der Waals surface area contributed by atoms with Crippen LogP contribution < -0.4 is 0 Å². The first-order valence-electron chi connectivity index (χ1n) is 5.43. The van der Waals surface area contributed by atoms with Crippen molar-refractivity contribution in [1.29, 1.82) is 0 Å². The Kier molecular flexibility index (Phi) is 5.92. The Labute approximate surface area is 107 Å². The number of methoxy groups -OCH3 is 3. The topological polar surface area (TPSA) is 44.8 Å². The Morgan fingerprint density at radius 1 is 1.22 bits per heavy atom. The fraction of sp³-hybridized carbons (Fsp3) is 0.357. The van der Waals surface area contributed by atoms with Crippen molar-refractivity contribution in [2.24, 2.45) is 0 Å². The molecule has 18 heavy (non-hydrogen) atoms. The lowest BCUT2D eigenvalue weighted by molar-refractivity contribution is -0.139. The lowest BCUT2D eigenvalue weighted by Crippen LogP contribution is -2.05. The molecule has 0 N–H and O–H groups in total. The van der Waals surface area contributed by atoms with Crippen molar-refractivity contribution >= 4 is 5.97 Å². The van der Waals surface area contributed by atoms with Gasteiger partial charge in [-0.1, -0.05) is 30.0 Å². The smallest absolute Gasteiger partial charge is 0.317 e. The van der Waals surface area contributed by atoms with Crippen molar-refractivity contribution in [3.63, 3.8) is 0 Å². The Morgan fingerprint density at radius 3 is 2.50 bits per heavy atom. The first kappa shape index (κ1) is 14.2. The summed E-state index contributed by atoms with van der Waals surface area (Å²) in [6.07, 6.45) is -0.399. The van der Waals surface area contributed by atoms with E-state index in [1.165, 1.54) is 7.11 Å². The minimum absolute atomic E-state index is 0.0649. The molecule has 0 bridgehead atoms. The van der Waals surface area contributed by atoms with Crippen LogP contribution in [-0.2, 0) is 19.0 Å². The summed E-state index contributed by atoms with van der Waals surface area (Å²) in [4.78, 5) is 11.0. The van der Waals surface area contributed by atoms with Crippen LogP contribution in [0.4, 0.5) is 0 Å². The molecule has 1 rings (SSSR count). The maximum absolute atomic E-state index is 11.0. The zero-order valence-electron chi connectivity index (χ0n) is 10.7. The second-order valence-corrected chi connectivity index (χ2v) is 3.45. The summed E-state index contributed by atoms with van der Waals surface area (Å²) < 4.78 is 14.9. The quantitative estimate of drug-likeness (QED) is 0.464. The molecule has 96 valence electrons. The molecule has 4 nitrogen and oxygen atoms in total. The number of rotatable bonds is 4. The van der Waals surface area contributed by atoms with Crippen molar-refractivity contribution < 1.29 is 19.0 Å². The highest BCUT2D eigenvalue weighted by atomic mass is 16.7. The molecular weight excluding hydrogens is 232 g/mol. The summed E-state index contributed by atoms with van der Waals surface area (Å²) in [6.45, 7) is 0. The lowest BCUT2D eigenvalue weighted by atomic mass is 10.1. The number of carbonyl (C=O) groups is 1. The third kappa shape index (κ3) is 3.88. The van der Waals surface area contributed by atoms with Gasteiger partial charge in [-0.2, -0.15) is 0 Å². The second-order valence-electron chi connectivity index (χ2n) is 3.45. The Morgan fingerprint density at radius 2 is 1.89 bits per heavy atom. The van der Waals surface area contributed by atoms with Gasteiger partial charge in [0.15, 0.2) is 6.29 Å². The SMILES string of the molecule is COC(=O)CC#Cc1ccccc1C(OC)OC. The van der Waals surface area contributed by atoms with Crippen molar-refractivity contribution in [1.82, 2.24) is 0 Å². The van der Waals surface area contributed by atoms with E-state index in [1.807, 2.05) is 24.3 Å². The van der Waals surface area contributed by atoms with Gasteiger partial charge < -0.3 is 14.2 Å². The Bertz CT molecular complexity index is 452. The number of hydrogen-bond donors (Lipinski definition) is 0. The van der Waals surface area contributed by atoms with E-state index in [1.54, 1.807) is 14.2 Å². The monoisotopic (exact) mass is 248 g/mol. The van der Waals surface area contributed by atoms with Crippen molar-refractivity contribution in [3.8, 4) is 11.8 Å². The lowest BCUT2D eigenvalue weighted by Gasteiger charge is -2.15. The summed E-state index contributed by atoms with van der Waals surface area (Å²) in [6, 6.07) is 7.48. The highest BCUT2D eigenvalue weighted by molar-refractivity contribution is 5.72. The largest absolute Gasteiger partial charge is 0.468 e. The average Bonchev–Trinajstić information content (AvgIpc) is 2.41. The van der Waals surface area contributed by atoms with Gasteiger partial charge in [0.2, 0.25) is 0 Å². The van der Waals surface area contributed by atoms with Crippen LogP contribution in [0.1, 0.15) is 23.8 Å². The molecule has 1 aromatic rings. The van der Waals surface area contributed by atoms with E-state index in [0.29, 0.717) is 0 Å². The van der Waals surface area contributed by atoms with Gasteiger partial charge in [-0.15, -0.1) is 0 Å². The number of hydrogen-bond acceptors (Lipinski definition) is 4. The van der Waals surface area contributed by atoms with E-state index in [-0.39, 0.29) is 12.4 Å². The molecule has 0 amide bonds. The normalized spacial score (nSPS) is 9.78. The summed E-state index contributed by atoms with van der Waals surface area (Å²) >= 11 is 0. The fourth-order valence-corrected chi connectivity index (χ4v) is 1.45. The molecule has 0 atom stereocenters. The van der Waals surface area contributed by atoms with Gasteiger partial charge in [0, 0.05) is 25.3 Å². The molecule has 0 radical (unpaired) electrons. The zero-order chi connectivity index (χ0) is 13.4. The maximum Gasteiger partial charge on any atom is 0.317 e. The van der Waals surface area contributed by atoms with E-state index in [2.05, 4.69) is 16.6 Å². The standard InChI is InChI=1S/C14H16O4/c1-16-13(15)10-6-8-11-7-4-5-9-12(11)14(17-2)18-3/h4-5,7,9,14H,10H2,1-3H3. The molecule has 0 saturated carbocycles. The third-order valence-corrected chi connectivity index (χ3v) is 2.33. The zero-order valence-corrected chi connectivity index (χ0v) is 10.7. The highest BCUT2D eigenvalue weighted by Gasteiger charge is 2.11. The summed E-state index contributed by atoms with van der Waals surface area (Å²) in [5.41, 5.74) is 1.61. The van der Waals surface area contributed by atoms with Crippen LogP contribution in [-0.4, -0.2) is 27.3 Å². The summed E-state index contributed by atoms with van der Waals surface area (Å²) in [5, 5.41) is 0. The van der Waals surface area contributed by atoms with Crippen LogP contribution >= 0.6 is 0 Å². The predicted molar refractivity (Wildman–Crippen MR) is 66.7 cm³/mol. The van der Waals surface area contributed by atoms with Crippen LogP contribution in [0.5, 0.6) is 0 Å². The molecule has 0 saturated heterocycles. The summed E-state index contributed by atoms with van der Waals surface area (Å²) in [5.74, 6) is 5.33. The molecule has 1 aromatic carbocycles. The van der Waals surface area contributed by atoms with Gasteiger partial charge in [0.1, 0.15) is 6.42 Å². The molecule has 0 spiro atoms. The van der Waals surface area contributed by atoms with Crippen LogP contribution in [0.3, 0.4) is 0 Å². The van der Waals surface area contributed by atoms with Crippen LogP contribution in [0.15, 0.2) is 24.3 Å². The van der Waals surface area contributed by atoms with Gasteiger partial charge >= 0.3 is 5.97 Å². The molecule has 0 aromatic heterocycles. The minimum Gasteiger partial charge on any atom is -0.468 e. The molecule has 0 heterocycles. The number of ether oxygens (including phenoxy) is 3. The first-order valence-corrected chi connectivity index (χ1v) is 5.43. The van der Waals surface area contributed by atoms with Crippen molar-refractivity contribution in [3.05, 3.63) is 35.4 Å². The minimum atomic E-state index is -0.464. The Balaban J connectivity index is 2.91. The average molecular weight is 248 g/mol. The fourth-order valence-electron chi connectivity index (χ4n) is 1.45. The van der Waals surface area contributed by atoms with Crippen molar-refractivity contribution in [2.75, 3.05) is 21.3 Å². The molecule has 0 aliphatic rings. The van der Waals surface area contributed by atoms with E-state index < -0.39 is 6.29 Å². The molecule has 0 unspecified atom stereocenters. The number of esters is 1. The van der Waals surface area contributed by atoms with Gasteiger partial charge in [0.05, 0.1) is 7.11 Å². The number of benzene rings is 1. The molecular formula is C14H16O4. The van der Waals surface area contributed by atoms with E-state index in [9.17, 15) is 4.79 Å². The Hall–Kier alpha value is -1.83. The van der Waals surface area contributed by atoms with E-state index in [4.69, 9.17) is 9.47 Å². The predicted octanol–water partition coefficient (Wildman–Crippen LogP) is 1.89. The molecule has 4 heteroatoms. The van der Waals surface area contributed by atoms with E-state index >= 15 is 0 Å². The maximum atomic E-state index is 11.0. The highest BCUT2D eigenvalue weighted by Crippen LogP contribution is 2.20. The van der Waals surface area contributed by atoms with E-state index in [0.717, 1.165) is 11.1 Å². The van der Waals surface area contributed by atoms with Crippen LogP contribution in [0, 0.1) is 11.8 Å². The third-order valence-electron chi connectivity index (χ3n) is 2.33. The van der Waals surface area contributed by atoms with Crippen LogP contribution in [0.25, 0.3) is 0 Å². The molecule has 0 fully saturated rings. The van der Waals surface area contributed by atoms with Gasteiger partial charge in [-0.05, 0) is 6.07 Å².